The number of carbonyl (C=O) groups is 1. The largest absolute Gasteiger partial charge is 0.335 e. The summed E-state index contributed by atoms with van der Waals surface area (Å²) in [6, 6.07) is 29.1. The molecule has 2 aliphatic heterocycles. The first-order valence-electron chi connectivity index (χ1n) is 14.5. The van der Waals surface area contributed by atoms with Gasteiger partial charge in [-0.15, -0.1) is 0 Å². The molecule has 0 aromatic heterocycles. The predicted molar refractivity (Wildman–Crippen MR) is 157 cm³/mol. The van der Waals surface area contributed by atoms with Crippen LogP contribution in [0.25, 0.3) is 0 Å². The van der Waals surface area contributed by atoms with E-state index in [-0.39, 0.29) is 11.9 Å². The van der Waals surface area contributed by atoms with E-state index in [2.05, 4.69) is 108 Å². The predicted octanol–water partition coefficient (Wildman–Crippen LogP) is 5.82. The Morgan fingerprint density at radius 2 is 1.45 bits per heavy atom. The summed E-state index contributed by atoms with van der Waals surface area (Å²) in [4.78, 5) is 18.6. The monoisotopic (exact) mass is 509 g/mol. The third-order valence-corrected chi connectivity index (χ3v) is 8.47. The van der Waals surface area contributed by atoms with Gasteiger partial charge in [0.2, 0.25) is 0 Å². The van der Waals surface area contributed by atoms with Crippen LogP contribution in [0.1, 0.15) is 58.3 Å². The lowest BCUT2D eigenvalue weighted by Gasteiger charge is -2.45. The van der Waals surface area contributed by atoms with Gasteiger partial charge in [-0.05, 0) is 95.3 Å². The van der Waals surface area contributed by atoms with Crippen LogP contribution < -0.4 is 5.32 Å². The maximum atomic E-state index is 13.7. The molecule has 2 heterocycles. The number of piperidine rings is 2. The molecule has 0 unspecified atom stereocenters. The third-order valence-electron chi connectivity index (χ3n) is 8.47. The Hall–Kier alpha value is -2.95. The normalized spacial score (nSPS) is 20.9. The molecule has 200 valence electrons. The fraction of sp³-hybridized carbons (Fsp3) is 0.441. The van der Waals surface area contributed by atoms with Crippen molar-refractivity contribution >= 4 is 5.91 Å². The van der Waals surface area contributed by atoms with E-state index in [9.17, 15) is 4.79 Å². The lowest BCUT2D eigenvalue weighted by atomic mass is 9.89. The van der Waals surface area contributed by atoms with Crippen LogP contribution in [0.2, 0.25) is 0 Å². The fourth-order valence-corrected chi connectivity index (χ4v) is 6.51. The average molecular weight is 510 g/mol. The molecule has 0 spiro atoms. The molecule has 5 rings (SSSR count). The molecule has 2 aliphatic rings. The summed E-state index contributed by atoms with van der Waals surface area (Å²) in [7, 11) is 0. The van der Waals surface area contributed by atoms with Crippen molar-refractivity contribution in [3.05, 3.63) is 107 Å². The number of hydrogen-bond donors (Lipinski definition) is 1. The Labute approximate surface area is 229 Å². The van der Waals surface area contributed by atoms with Gasteiger partial charge in [-0.2, -0.15) is 0 Å². The quantitative estimate of drug-likeness (QED) is 0.416. The smallest absolute Gasteiger partial charge is 0.254 e. The van der Waals surface area contributed by atoms with Crippen LogP contribution in [-0.2, 0) is 12.8 Å². The molecule has 2 saturated heterocycles. The number of amides is 1. The highest BCUT2D eigenvalue weighted by Gasteiger charge is 2.35. The Balaban J connectivity index is 1.20. The maximum absolute atomic E-state index is 13.7. The van der Waals surface area contributed by atoms with Crippen LogP contribution in [0, 0.1) is 13.8 Å². The van der Waals surface area contributed by atoms with E-state index in [1.807, 2.05) is 0 Å². The first kappa shape index (κ1) is 26.6. The zero-order chi connectivity index (χ0) is 26.3. The molecule has 2 fully saturated rings. The van der Waals surface area contributed by atoms with Gasteiger partial charge < -0.3 is 15.1 Å². The van der Waals surface area contributed by atoms with Crippen LogP contribution in [0.5, 0.6) is 0 Å². The van der Waals surface area contributed by atoms with E-state index in [1.165, 1.54) is 24.0 Å². The van der Waals surface area contributed by atoms with Crippen molar-refractivity contribution < 1.29 is 4.79 Å². The lowest BCUT2D eigenvalue weighted by Crippen LogP contribution is -2.55. The molecule has 0 radical (unpaired) electrons. The zero-order valence-corrected chi connectivity index (χ0v) is 23.1. The second-order valence-corrected chi connectivity index (χ2v) is 11.4. The Kier molecular flexibility index (Phi) is 8.93. The van der Waals surface area contributed by atoms with Crippen molar-refractivity contribution in [3.63, 3.8) is 0 Å². The van der Waals surface area contributed by atoms with Gasteiger partial charge in [0, 0.05) is 30.2 Å². The van der Waals surface area contributed by atoms with Crippen molar-refractivity contribution in [1.29, 1.82) is 0 Å². The molecule has 0 saturated carbocycles. The van der Waals surface area contributed by atoms with Crippen molar-refractivity contribution in [3.8, 4) is 0 Å². The van der Waals surface area contributed by atoms with Crippen LogP contribution in [-0.4, -0.2) is 60.0 Å². The fourth-order valence-electron chi connectivity index (χ4n) is 6.51. The highest BCUT2D eigenvalue weighted by molar-refractivity contribution is 5.95. The molecule has 4 heteroatoms. The summed E-state index contributed by atoms with van der Waals surface area (Å²) in [5, 5.41) is 3.80. The highest BCUT2D eigenvalue weighted by atomic mass is 16.2. The van der Waals surface area contributed by atoms with Gasteiger partial charge in [-0.3, -0.25) is 4.79 Å². The number of carbonyl (C=O) groups excluding carboxylic acids is 1. The van der Waals surface area contributed by atoms with Gasteiger partial charge in [0.15, 0.2) is 0 Å². The van der Waals surface area contributed by atoms with Crippen LogP contribution in [0.15, 0.2) is 78.9 Å². The molecule has 1 N–H and O–H groups in total. The topological polar surface area (TPSA) is 35.6 Å². The molecule has 4 nitrogen and oxygen atoms in total. The maximum Gasteiger partial charge on any atom is 0.254 e. The second kappa shape index (κ2) is 12.7. The van der Waals surface area contributed by atoms with Crippen LogP contribution in [0.4, 0.5) is 0 Å². The molecule has 0 aliphatic carbocycles. The summed E-state index contributed by atoms with van der Waals surface area (Å²) in [5.74, 6) is 0.192. The van der Waals surface area contributed by atoms with Crippen LogP contribution in [0.3, 0.4) is 0 Å². The molecular formula is C34H43N3O. The summed E-state index contributed by atoms with van der Waals surface area (Å²) in [6.45, 7) is 8.35. The van der Waals surface area contributed by atoms with Gasteiger partial charge in [-0.1, -0.05) is 77.9 Å². The first-order chi connectivity index (χ1) is 18.5. The van der Waals surface area contributed by atoms with Gasteiger partial charge in [0.05, 0.1) is 0 Å². The molecule has 38 heavy (non-hydrogen) atoms. The lowest BCUT2D eigenvalue weighted by molar-refractivity contribution is 0.0373. The van der Waals surface area contributed by atoms with Crippen molar-refractivity contribution in [1.82, 2.24) is 15.1 Å². The molecule has 0 bridgehead atoms. The van der Waals surface area contributed by atoms with Crippen molar-refractivity contribution in [2.75, 3.05) is 26.2 Å². The zero-order valence-electron chi connectivity index (χ0n) is 23.1. The van der Waals surface area contributed by atoms with E-state index < -0.39 is 0 Å². The van der Waals surface area contributed by atoms with Crippen molar-refractivity contribution in [2.45, 2.75) is 70.5 Å². The molecular weight excluding hydrogens is 466 g/mol. The third kappa shape index (κ3) is 6.92. The molecule has 2 atom stereocenters. The van der Waals surface area contributed by atoms with Crippen LogP contribution >= 0.6 is 0 Å². The molecule has 3 aromatic carbocycles. The number of hydrogen-bond acceptors (Lipinski definition) is 3. The number of aryl methyl sites for hydroxylation is 2. The van der Waals surface area contributed by atoms with E-state index >= 15 is 0 Å². The highest BCUT2D eigenvalue weighted by Crippen LogP contribution is 2.28. The van der Waals surface area contributed by atoms with E-state index in [0.29, 0.717) is 12.1 Å². The van der Waals surface area contributed by atoms with Gasteiger partial charge in [0.25, 0.3) is 5.91 Å². The van der Waals surface area contributed by atoms with Gasteiger partial charge in [0.1, 0.15) is 0 Å². The minimum atomic E-state index is 0.192. The number of likely N-dealkylation sites (tertiary alicyclic amines) is 2. The Bertz CT molecular complexity index is 1150. The van der Waals surface area contributed by atoms with Gasteiger partial charge >= 0.3 is 0 Å². The van der Waals surface area contributed by atoms with E-state index in [1.54, 1.807) is 0 Å². The first-order valence-corrected chi connectivity index (χ1v) is 14.5. The standard InChI is InChI=1S/C34H43N3O/c1-26-21-27(2)23-30(22-26)34(38)37-20-16-32(25-33(37)24-29-11-7-4-8-12-29)36-18-14-31(15-19-36)35-17-13-28-9-5-3-6-10-28/h3-12,21-23,31-33,35H,13-20,24-25H2,1-2H3/t32-,33+/m1/s1. The summed E-state index contributed by atoms with van der Waals surface area (Å²) in [5.41, 5.74) is 5.87. The van der Waals surface area contributed by atoms with Gasteiger partial charge in [-0.25, -0.2) is 0 Å². The SMILES string of the molecule is Cc1cc(C)cc(C(=O)N2CC[C@@H](N3CCC(NCCc4ccccc4)CC3)C[C@@H]2Cc2ccccc2)c1. The Morgan fingerprint density at radius 1 is 0.816 bits per heavy atom. The molecule has 1 amide bonds. The van der Waals surface area contributed by atoms with E-state index in [0.717, 1.165) is 68.6 Å². The summed E-state index contributed by atoms with van der Waals surface area (Å²) < 4.78 is 0. The number of nitrogens with one attached hydrogen (secondary N) is 1. The number of nitrogens with zero attached hydrogens (tertiary/aromatic N) is 2. The van der Waals surface area contributed by atoms with E-state index in [4.69, 9.17) is 0 Å². The summed E-state index contributed by atoms with van der Waals surface area (Å²) >= 11 is 0. The molecule has 3 aromatic rings. The average Bonchev–Trinajstić information content (AvgIpc) is 2.94. The summed E-state index contributed by atoms with van der Waals surface area (Å²) in [6.07, 6.45) is 6.55. The Morgan fingerprint density at radius 3 is 2.11 bits per heavy atom. The number of rotatable bonds is 8. The second-order valence-electron chi connectivity index (χ2n) is 11.4. The van der Waals surface area contributed by atoms with Crippen molar-refractivity contribution in [2.24, 2.45) is 0 Å². The minimum Gasteiger partial charge on any atom is -0.335 e. The number of benzene rings is 3. The minimum absolute atomic E-state index is 0.192.